The molecule has 1 fully saturated rings. The Labute approximate surface area is 106 Å². The molecule has 1 aliphatic heterocycles. The zero-order chi connectivity index (χ0) is 12.1. The molecule has 0 aliphatic carbocycles. The maximum atomic E-state index is 3.77. The number of hydrogen-bond acceptors (Lipinski definition) is 3. The second kappa shape index (κ2) is 6.87. The number of nitrogens with zero attached hydrogens (tertiary/aromatic N) is 1. The lowest BCUT2D eigenvalue weighted by Crippen LogP contribution is -2.48. The molecule has 16 heavy (non-hydrogen) atoms. The standard InChI is InChI=1S/C13H28N2S/c1-10(2)13(15(4)5)9-14-12-7-6-8-16-11(12)3/h10-14H,6-9H2,1-5H3. The first-order valence-corrected chi connectivity index (χ1v) is 7.58. The first kappa shape index (κ1) is 14.3. The van der Waals surface area contributed by atoms with Crippen molar-refractivity contribution >= 4 is 11.8 Å². The van der Waals surface area contributed by atoms with Gasteiger partial charge in [0.15, 0.2) is 0 Å². The van der Waals surface area contributed by atoms with Crippen LogP contribution in [0.25, 0.3) is 0 Å². The van der Waals surface area contributed by atoms with E-state index < -0.39 is 0 Å². The molecule has 0 aromatic carbocycles. The highest BCUT2D eigenvalue weighted by atomic mass is 32.2. The zero-order valence-corrected chi connectivity index (χ0v) is 12.3. The van der Waals surface area contributed by atoms with E-state index in [1.807, 2.05) is 0 Å². The number of thioether (sulfide) groups is 1. The van der Waals surface area contributed by atoms with Gasteiger partial charge in [-0.1, -0.05) is 20.8 Å². The predicted molar refractivity (Wildman–Crippen MR) is 75.3 cm³/mol. The summed E-state index contributed by atoms with van der Waals surface area (Å²) in [6, 6.07) is 1.37. The Bertz CT molecular complexity index is 186. The summed E-state index contributed by atoms with van der Waals surface area (Å²) in [6.07, 6.45) is 2.73. The van der Waals surface area contributed by atoms with Crippen LogP contribution in [-0.2, 0) is 0 Å². The molecule has 1 aliphatic rings. The molecular formula is C13H28N2S. The summed E-state index contributed by atoms with van der Waals surface area (Å²) in [4.78, 5) is 2.35. The number of likely N-dealkylation sites (N-methyl/N-ethyl adjacent to an activating group) is 1. The molecule has 0 amide bonds. The van der Waals surface area contributed by atoms with Crippen LogP contribution in [0.4, 0.5) is 0 Å². The average Bonchev–Trinajstić information content (AvgIpc) is 2.20. The summed E-state index contributed by atoms with van der Waals surface area (Å²) in [5.74, 6) is 2.06. The molecule has 0 saturated carbocycles. The molecule has 2 nitrogen and oxygen atoms in total. The van der Waals surface area contributed by atoms with Crippen molar-refractivity contribution < 1.29 is 0 Å². The van der Waals surface area contributed by atoms with E-state index in [0.717, 1.165) is 17.8 Å². The van der Waals surface area contributed by atoms with Crippen molar-refractivity contribution in [3.8, 4) is 0 Å². The van der Waals surface area contributed by atoms with Gasteiger partial charge in [-0.2, -0.15) is 11.8 Å². The van der Waals surface area contributed by atoms with Crippen molar-refractivity contribution in [2.75, 3.05) is 26.4 Å². The van der Waals surface area contributed by atoms with Crippen molar-refractivity contribution in [2.24, 2.45) is 5.92 Å². The van der Waals surface area contributed by atoms with E-state index in [2.05, 4.69) is 56.8 Å². The molecule has 1 rings (SSSR count). The SMILES string of the molecule is CC(C)C(CNC1CCCSC1C)N(C)C. The van der Waals surface area contributed by atoms with Crippen molar-refractivity contribution in [3.63, 3.8) is 0 Å². The molecule has 1 heterocycles. The highest BCUT2D eigenvalue weighted by Crippen LogP contribution is 2.25. The molecule has 0 bridgehead atoms. The van der Waals surface area contributed by atoms with Gasteiger partial charge in [-0.15, -0.1) is 0 Å². The summed E-state index contributed by atoms with van der Waals surface area (Å²) in [5.41, 5.74) is 0. The largest absolute Gasteiger partial charge is 0.311 e. The summed E-state index contributed by atoms with van der Waals surface area (Å²) in [5, 5.41) is 4.55. The fourth-order valence-corrected chi connectivity index (χ4v) is 3.65. The van der Waals surface area contributed by atoms with Gasteiger partial charge < -0.3 is 10.2 Å². The summed E-state index contributed by atoms with van der Waals surface area (Å²) in [7, 11) is 4.37. The van der Waals surface area contributed by atoms with Gasteiger partial charge in [0.05, 0.1) is 0 Å². The molecular weight excluding hydrogens is 216 g/mol. The molecule has 96 valence electrons. The van der Waals surface area contributed by atoms with E-state index in [0.29, 0.717) is 12.0 Å². The quantitative estimate of drug-likeness (QED) is 0.800. The average molecular weight is 244 g/mol. The molecule has 1 saturated heterocycles. The highest BCUT2D eigenvalue weighted by Gasteiger charge is 2.23. The lowest BCUT2D eigenvalue weighted by Gasteiger charge is -2.34. The Balaban J connectivity index is 2.36. The summed E-state index contributed by atoms with van der Waals surface area (Å²) in [6.45, 7) is 8.11. The molecule has 3 atom stereocenters. The van der Waals surface area contributed by atoms with E-state index in [1.165, 1.54) is 18.6 Å². The molecule has 0 spiro atoms. The first-order chi connectivity index (χ1) is 7.52. The lowest BCUT2D eigenvalue weighted by atomic mass is 10.0. The topological polar surface area (TPSA) is 15.3 Å². The van der Waals surface area contributed by atoms with Crippen LogP contribution in [0.1, 0.15) is 33.6 Å². The third kappa shape index (κ3) is 4.27. The van der Waals surface area contributed by atoms with Crippen LogP contribution in [0.5, 0.6) is 0 Å². The Kier molecular flexibility index (Phi) is 6.16. The number of rotatable bonds is 5. The van der Waals surface area contributed by atoms with Crippen molar-refractivity contribution in [1.82, 2.24) is 10.2 Å². The zero-order valence-electron chi connectivity index (χ0n) is 11.5. The number of nitrogens with one attached hydrogen (secondary N) is 1. The normalized spacial score (nSPS) is 28.7. The van der Waals surface area contributed by atoms with Crippen molar-refractivity contribution in [3.05, 3.63) is 0 Å². The Morgan fingerprint density at radius 3 is 2.56 bits per heavy atom. The van der Waals surface area contributed by atoms with Gasteiger partial charge in [0.25, 0.3) is 0 Å². The highest BCUT2D eigenvalue weighted by molar-refractivity contribution is 7.99. The lowest BCUT2D eigenvalue weighted by molar-refractivity contribution is 0.216. The Morgan fingerprint density at radius 2 is 2.06 bits per heavy atom. The molecule has 1 N–H and O–H groups in total. The monoisotopic (exact) mass is 244 g/mol. The molecule has 3 heteroatoms. The third-order valence-electron chi connectivity index (χ3n) is 3.63. The minimum Gasteiger partial charge on any atom is -0.311 e. The second-order valence-corrected chi connectivity index (χ2v) is 6.99. The third-order valence-corrected chi connectivity index (χ3v) is 5.01. The molecule has 0 radical (unpaired) electrons. The smallest absolute Gasteiger partial charge is 0.0237 e. The predicted octanol–water partition coefficient (Wildman–Crippen LogP) is 2.45. The van der Waals surface area contributed by atoms with Gasteiger partial charge in [0.2, 0.25) is 0 Å². The van der Waals surface area contributed by atoms with Gasteiger partial charge in [0, 0.05) is 23.9 Å². The van der Waals surface area contributed by atoms with Crippen LogP contribution >= 0.6 is 11.8 Å². The van der Waals surface area contributed by atoms with E-state index >= 15 is 0 Å². The minimum absolute atomic E-state index is 0.652. The van der Waals surface area contributed by atoms with Gasteiger partial charge >= 0.3 is 0 Å². The minimum atomic E-state index is 0.652. The van der Waals surface area contributed by atoms with Crippen LogP contribution in [0, 0.1) is 5.92 Å². The van der Waals surface area contributed by atoms with E-state index in [1.54, 1.807) is 0 Å². The van der Waals surface area contributed by atoms with Crippen molar-refractivity contribution in [1.29, 1.82) is 0 Å². The van der Waals surface area contributed by atoms with Crippen LogP contribution in [0.3, 0.4) is 0 Å². The van der Waals surface area contributed by atoms with Crippen molar-refractivity contribution in [2.45, 2.75) is 50.9 Å². The summed E-state index contributed by atoms with van der Waals surface area (Å²) >= 11 is 2.12. The first-order valence-electron chi connectivity index (χ1n) is 6.53. The molecule has 0 aromatic rings. The molecule has 3 unspecified atom stereocenters. The maximum absolute atomic E-state index is 3.77. The Morgan fingerprint density at radius 1 is 1.38 bits per heavy atom. The van der Waals surface area contributed by atoms with Crippen LogP contribution < -0.4 is 5.32 Å². The second-order valence-electron chi connectivity index (χ2n) is 5.51. The van der Waals surface area contributed by atoms with E-state index in [4.69, 9.17) is 0 Å². The van der Waals surface area contributed by atoms with Gasteiger partial charge in [-0.05, 0) is 38.6 Å². The fourth-order valence-electron chi connectivity index (χ4n) is 2.48. The van der Waals surface area contributed by atoms with Crippen LogP contribution in [-0.4, -0.2) is 48.6 Å². The van der Waals surface area contributed by atoms with Gasteiger partial charge in [-0.25, -0.2) is 0 Å². The fraction of sp³-hybridized carbons (Fsp3) is 1.00. The molecule has 0 aromatic heterocycles. The van der Waals surface area contributed by atoms with E-state index in [9.17, 15) is 0 Å². The van der Waals surface area contributed by atoms with E-state index in [-0.39, 0.29) is 0 Å². The van der Waals surface area contributed by atoms with Crippen LogP contribution in [0.2, 0.25) is 0 Å². The maximum Gasteiger partial charge on any atom is 0.0237 e. The van der Waals surface area contributed by atoms with Gasteiger partial charge in [0.1, 0.15) is 0 Å². The number of hydrogen-bond donors (Lipinski definition) is 1. The Hall–Kier alpha value is 0.270. The van der Waals surface area contributed by atoms with Gasteiger partial charge in [-0.3, -0.25) is 0 Å². The summed E-state index contributed by atoms with van der Waals surface area (Å²) < 4.78 is 0. The van der Waals surface area contributed by atoms with Crippen LogP contribution in [0.15, 0.2) is 0 Å².